The largest absolute Gasteiger partial charge is 0.346 e. The molecule has 1 N–H and O–H groups in total. The van der Waals surface area contributed by atoms with Crippen molar-refractivity contribution in [2.45, 2.75) is 45.2 Å². The van der Waals surface area contributed by atoms with Gasteiger partial charge in [0.15, 0.2) is 0 Å². The molecular formula is C16H22N2O2S. The van der Waals surface area contributed by atoms with E-state index in [-0.39, 0.29) is 0 Å². The Morgan fingerprint density at radius 3 is 2.29 bits per heavy atom. The van der Waals surface area contributed by atoms with Gasteiger partial charge in [-0.1, -0.05) is 18.2 Å². The highest BCUT2D eigenvalue weighted by Gasteiger charge is 2.16. The van der Waals surface area contributed by atoms with Crippen LogP contribution in [0.4, 0.5) is 0 Å². The molecule has 0 aliphatic carbocycles. The van der Waals surface area contributed by atoms with Crippen LogP contribution in [-0.4, -0.2) is 13.0 Å². The quantitative estimate of drug-likeness (QED) is 0.922. The number of nitrogens with zero attached hydrogens (tertiary/aromatic N) is 1. The normalized spacial score (nSPS) is 12.0. The van der Waals surface area contributed by atoms with Crippen molar-refractivity contribution in [3.8, 4) is 0 Å². The van der Waals surface area contributed by atoms with Gasteiger partial charge in [0.1, 0.15) is 0 Å². The Labute approximate surface area is 126 Å². The summed E-state index contributed by atoms with van der Waals surface area (Å²) in [5.74, 6) is 0. The van der Waals surface area contributed by atoms with Gasteiger partial charge in [-0.05, 0) is 51.5 Å². The van der Waals surface area contributed by atoms with Crippen LogP contribution in [-0.2, 0) is 16.6 Å². The number of nitrogens with one attached hydrogen (secondary N) is 1. The summed E-state index contributed by atoms with van der Waals surface area (Å²) in [6.07, 6.45) is 0. The third-order valence-electron chi connectivity index (χ3n) is 3.61. The lowest BCUT2D eigenvalue weighted by atomic mass is 10.2. The average molecular weight is 306 g/mol. The topological polar surface area (TPSA) is 51.1 Å². The zero-order valence-electron chi connectivity index (χ0n) is 12.9. The van der Waals surface area contributed by atoms with Crippen molar-refractivity contribution in [1.29, 1.82) is 0 Å². The Bertz CT molecular complexity index is 716. The van der Waals surface area contributed by atoms with Crippen LogP contribution in [0, 0.1) is 13.8 Å². The van der Waals surface area contributed by atoms with Crippen LogP contribution in [0.15, 0.2) is 41.3 Å². The molecule has 1 aromatic heterocycles. The average Bonchev–Trinajstić information content (AvgIpc) is 2.72. The highest BCUT2D eigenvalue weighted by atomic mass is 32.2. The minimum atomic E-state index is -3.46. The SMILES string of the molecule is Cc1cc(CNS(=O)(=O)c2ccccc2)c(C)n1C(C)C. The molecule has 0 amide bonds. The number of aromatic nitrogens is 1. The second kappa shape index (κ2) is 6.03. The van der Waals surface area contributed by atoms with Crippen molar-refractivity contribution in [1.82, 2.24) is 9.29 Å². The van der Waals surface area contributed by atoms with Crippen LogP contribution in [0.5, 0.6) is 0 Å². The fraction of sp³-hybridized carbons (Fsp3) is 0.375. The molecule has 0 saturated heterocycles. The minimum absolute atomic E-state index is 0.294. The van der Waals surface area contributed by atoms with Gasteiger partial charge in [-0.3, -0.25) is 0 Å². The first-order valence-electron chi connectivity index (χ1n) is 7.05. The van der Waals surface area contributed by atoms with Crippen molar-refractivity contribution in [3.63, 3.8) is 0 Å². The van der Waals surface area contributed by atoms with Crippen LogP contribution in [0.1, 0.15) is 36.8 Å². The molecule has 1 aromatic carbocycles. The van der Waals surface area contributed by atoms with Crippen molar-refractivity contribution in [2.75, 3.05) is 0 Å². The molecule has 5 heteroatoms. The van der Waals surface area contributed by atoms with E-state index >= 15 is 0 Å². The molecule has 0 atom stereocenters. The van der Waals surface area contributed by atoms with Gasteiger partial charge in [0.05, 0.1) is 4.90 Å². The van der Waals surface area contributed by atoms with Crippen LogP contribution in [0.2, 0.25) is 0 Å². The number of sulfonamides is 1. The lowest BCUT2D eigenvalue weighted by Gasteiger charge is -2.14. The number of aryl methyl sites for hydroxylation is 1. The summed E-state index contributed by atoms with van der Waals surface area (Å²) in [5.41, 5.74) is 3.27. The van der Waals surface area contributed by atoms with Gasteiger partial charge in [0.2, 0.25) is 10.0 Å². The van der Waals surface area contributed by atoms with Crippen molar-refractivity contribution >= 4 is 10.0 Å². The van der Waals surface area contributed by atoms with Crippen LogP contribution in [0.3, 0.4) is 0 Å². The molecule has 0 radical (unpaired) electrons. The van der Waals surface area contributed by atoms with E-state index in [0.717, 1.165) is 17.0 Å². The van der Waals surface area contributed by atoms with Gasteiger partial charge in [0.25, 0.3) is 0 Å². The molecular weight excluding hydrogens is 284 g/mol. The van der Waals surface area contributed by atoms with E-state index in [2.05, 4.69) is 23.1 Å². The van der Waals surface area contributed by atoms with Gasteiger partial charge in [-0.15, -0.1) is 0 Å². The Balaban J connectivity index is 2.19. The Morgan fingerprint density at radius 2 is 1.76 bits per heavy atom. The molecule has 0 bridgehead atoms. The van der Waals surface area contributed by atoms with Crippen LogP contribution < -0.4 is 4.72 Å². The lowest BCUT2D eigenvalue weighted by Crippen LogP contribution is -2.23. The third kappa shape index (κ3) is 3.36. The van der Waals surface area contributed by atoms with E-state index in [0.29, 0.717) is 17.5 Å². The number of hydrogen-bond acceptors (Lipinski definition) is 2. The van der Waals surface area contributed by atoms with Crippen LogP contribution in [0.25, 0.3) is 0 Å². The van der Waals surface area contributed by atoms with Crippen LogP contribution >= 0.6 is 0 Å². The maximum absolute atomic E-state index is 12.2. The monoisotopic (exact) mass is 306 g/mol. The van der Waals surface area contributed by atoms with E-state index < -0.39 is 10.0 Å². The standard InChI is InChI=1S/C16H22N2O2S/c1-12(2)18-13(3)10-15(14(18)4)11-17-21(19,20)16-8-6-5-7-9-16/h5-10,12,17H,11H2,1-4H3. The summed E-state index contributed by atoms with van der Waals surface area (Å²) in [7, 11) is -3.46. The summed E-state index contributed by atoms with van der Waals surface area (Å²) in [6, 6.07) is 10.8. The summed E-state index contributed by atoms with van der Waals surface area (Å²) in [5, 5.41) is 0. The molecule has 0 spiro atoms. The van der Waals surface area contributed by atoms with Crippen molar-refractivity contribution < 1.29 is 8.42 Å². The molecule has 0 unspecified atom stereocenters. The van der Waals surface area contributed by atoms with E-state index in [1.165, 1.54) is 0 Å². The second-order valence-corrected chi connectivity index (χ2v) is 7.26. The Hall–Kier alpha value is -1.59. The number of benzene rings is 1. The van der Waals surface area contributed by atoms with Crippen molar-refractivity contribution in [3.05, 3.63) is 53.3 Å². The first kappa shape index (κ1) is 15.8. The molecule has 114 valence electrons. The molecule has 0 aliphatic rings. The highest BCUT2D eigenvalue weighted by Crippen LogP contribution is 2.20. The molecule has 4 nitrogen and oxygen atoms in total. The second-order valence-electron chi connectivity index (χ2n) is 5.50. The highest BCUT2D eigenvalue weighted by molar-refractivity contribution is 7.89. The molecule has 2 aromatic rings. The molecule has 0 saturated carbocycles. The zero-order chi connectivity index (χ0) is 15.6. The van der Waals surface area contributed by atoms with Gasteiger partial charge in [-0.2, -0.15) is 0 Å². The zero-order valence-corrected chi connectivity index (χ0v) is 13.7. The van der Waals surface area contributed by atoms with E-state index in [9.17, 15) is 8.42 Å². The number of rotatable bonds is 5. The maximum Gasteiger partial charge on any atom is 0.240 e. The fourth-order valence-electron chi connectivity index (χ4n) is 2.67. The molecule has 0 fully saturated rings. The lowest BCUT2D eigenvalue weighted by molar-refractivity contribution is 0.570. The maximum atomic E-state index is 12.2. The molecule has 0 aliphatic heterocycles. The summed E-state index contributed by atoms with van der Waals surface area (Å²) < 4.78 is 29.3. The van der Waals surface area contributed by atoms with E-state index in [1.807, 2.05) is 19.9 Å². The number of hydrogen-bond donors (Lipinski definition) is 1. The molecule has 21 heavy (non-hydrogen) atoms. The van der Waals surface area contributed by atoms with Gasteiger partial charge < -0.3 is 4.57 Å². The Kier molecular flexibility index (Phi) is 4.54. The summed E-state index contributed by atoms with van der Waals surface area (Å²) >= 11 is 0. The Morgan fingerprint density at radius 1 is 1.14 bits per heavy atom. The molecule has 2 rings (SSSR count). The third-order valence-corrected chi connectivity index (χ3v) is 5.03. The predicted molar refractivity (Wildman–Crippen MR) is 84.8 cm³/mol. The van der Waals surface area contributed by atoms with E-state index in [1.54, 1.807) is 30.3 Å². The smallest absolute Gasteiger partial charge is 0.240 e. The van der Waals surface area contributed by atoms with E-state index in [4.69, 9.17) is 0 Å². The summed E-state index contributed by atoms with van der Waals surface area (Å²) in [6.45, 7) is 8.63. The van der Waals surface area contributed by atoms with Gasteiger partial charge in [-0.25, -0.2) is 13.1 Å². The first-order valence-corrected chi connectivity index (χ1v) is 8.53. The fourth-order valence-corrected chi connectivity index (χ4v) is 3.70. The van der Waals surface area contributed by atoms with Gasteiger partial charge in [0, 0.05) is 24.0 Å². The van der Waals surface area contributed by atoms with Crippen molar-refractivity contribution in [2.24, 2.45) is 0 Å². The first-order chi connectivity index (χ1) is 9.83. The van der Waals surface area contributed by atoms with Gasteiger partial charge >= 0.3 is 0 Å². The predicted octanol–water partition coefficient (Wildman–Crippen LogP) is 3.16. The minimum Gasteiger partial charge on any atom is -0.346 e. The summed E-state index contributed by atoms with van der Waals surface area (Å²) in [4.78, 5) is 0.294. The molecule has 1 heterocycles.